The first kappa shape index (κ1) is 15.2. The van der Waals surface area contributed by atoms with Crippen molar-refractivity contribution in [2.45, 2.75) is 26.2 Å². The van der Waals surface area contributed by atoms with Crippen LogP contribution in [0, 0.1) is 17.0 Å². The molecule has 0 radical (unpaired) electrons. The topological polar surface area (TPSA) is 96.6 Å². The van der Waals surface area contributed by atoms with Crippen LogP contribution in [0.3, 0.4) is 0 Å². The third kappa shape index (κ3) is 2.58. The van der Waals surface area contributed by atoms with Crippen LogP contribution in [-0.4, -0.2) is 34.1 Å². The summed E-state index contributed by atoms with van der Waals surface area (Å²) < 4.78 is 0. The number of para-hydroxylation sites is 1. The van der Waals surface area contributed by atoms with Crippen LogP contribution >= 0.6 is 0 Å². The molecule has 2 aromatic rings. The Labute approximate surface area is 132 Å². The lowest BCUT2D eigenvalue weighted by Crippen LogP contribution is -2.30. The number of hydrogen-bond acceptors (Lipinski definition) is 5. The molecule has 120 valence electrons. The molecule has 23 heavy (non-hydrogen) atoms. The predicted octanol–water partition coefficient (Wildman–Crippen LogP) is 3.14. The van der Waals surface area contributed by atoms with Gasteiger partial charge in [0.1, 0.15) is 0 Å². The summed E-state index contributed by atoms with van der Waals surface area (Å²) in [6.45, 7) is 3.36. The first-order valence-corrected chi connectivity index (χ1v) is 7.56. The van der Waals surface area contributed by atoms with Gasteiger partial charge in [0.25, 0.3) is 5.69 Å². The summed E-state index contributed by atoms with van der Waals surface area (Å²) in [4.78, 5) is 28.5. The van der Waals surface area contributed by atoms with Gasteiger partial charge in [-0.25, -0.2) is 9.78 Å². The minimum atomic E-state index is -1.17. The van der Waals surface area contributed by atoms with Crippen LogP contribution in [0.2, 0.25) is 0 Å². The van der Waals surface area contributed by atoms with E-state index in [1.165, 1.54) is 6.07 Å². The van der Waals surface area contributed by atoms with Gasteiger partial charge >= 0.3 is 5.97 Å². The fourth-order valence-electron chi connectivity index (χ4n) is 3.23. The predicted molar refractivity (Wildman–Crippen MR) is 86.2 cm³/mol. The second kappa shape index (κ2) is 5.83. The second-order valence-corrected chi connectivity index (χ2v) is 5.72. The summed E-state index contributed by atoms with van der Waals surface area (Å²) in [5.74, 6) is -1.17. The monoisotopic (exact) mass is 315 g/mol. The van der Waals surface area contributed by atoms with Crippen molar-refractivity contribution in [1.29, 1.82) is 0 Å². The zero-order chi connectivity index (χ0) is 16.6. The second-order valence-electron chi connectivity index (χ2n) is 5.72. The van der Waals surface area contributed by atoms with Crippen molar-refractivity contribution in [3.05, 3.63) is 39.6 Å². The fourth-order valence-corrected chi connectivity index (χ4v) is 3.23. The average Bonchev–Trinajstić information content (AvgIpc) is 2.54. The van der Waals surface area contributed by atoms with Crippen LogP contribution in [0.15, 0.2) is 18.2 Å². The number of non-ortho nitro benzene ring substituents is 1. The highest BCUT2D eigenvalue weighted by atomic mass is 16.6. The van der Waals surface area contributed by atoms with Crippen molar-refractivity contribution in [3.8, 4) is 0 Å². The number of benzene rings is 1. The molecule has 0 aliphatic carbocycles. The lowest BCUT2D eigenvalue weighted by molar-refractivity contribution is -0.383. The quantitative estimate of drug-likeness (QED) is 0.690. The number of nitrogens with zero attached hydrogens (tertiary/aromatic N) is 3. The molecule has 1 aliphatic rings. The average molecular weight is 315 g/mol. The summed E-state index contributed by atoms with van der Waals surface area (Å²) in [6, 6.07) is 4.75. The van der Waals surface area contributed by atoms with Gasteiger partial charge in [0.15, 0.2) is 11.2 Å². The third-order valence-corrected chi connectivity index (χ3v) is 4.28. The van der Waals surface area contributed by atoms with E-state index in [0.717, 1.165) is 38.0 Å². The molecule has 2 heterocycles. The van der Waals surface area contributed by atoms with Crippen molar-refractivity contribution in [2.75, 3.05) is 18.0 Å². The number of hydrogen-bond donors (Lipinski definition) is 1. The van der Waals surface area contributed by atoms with E-state index < -0.39 is 10.9 Å². The maximum atomic E-state index is 11.5. The van der Waals surface area contributed by atoms with Gasteiger partial charge in [0, 0.05) is 30.1 Å². The lowest BCUT2D eigenvalue weighted by Gasteiger charge is -2.31. The molecule has 0 spiro atoms. The van der Waals surface area contributed by atoms with E-state index in [-0.39, 0.29) is 16.9 Å². The van der Waals surface area contributed by atoms with Crippen molar-refractivity contribution in [2.24, 2.45) is 0 Å². The number of nitro groups is 1. The van der Waals surface area contributed by atoms with Crippen LogP contribution in [-0.2, 0) is 0 Å². The van der Waals surface area contributed by atoms with E-state index >= 15 is 0 Å². The van der Waals surface area contributed by atoms with Gasteiger partial charge in [-0.1, -0.05) is 12.1 Å². The number of aromatic carboxylic acids is 1. The Kier molecular flexibility index (Phi) is 3.85. The zero-order valence-corrected chi connectivity index (χ0v) is 12.8. The normalized spacial score (nSPS) is 14.9. The molecule has 0 amide bonds. The summed E-state index contributed by atoms with van der Waals surface area (Å²) in [6.07, 6.45) is 3.20. The molecule has 1 N–H and O–H groups in total. The Bertz CT molecular complexity index is 798. The van der Waals surface area contributed by atoms with Crippen LogP contribution in [0.1, 0.15) is 35.3 Å². The number of fused-ring (bicyclic) bond motifs is 1. The van der Waals surface area contributed by atoms with E-state index in [2.05, 4.69) is 9.88 Å². The summed E-state index contributed by atoms with van der Waals surface area (Å²) in [5, 5.41) is 21.3. The van der Waals surface area contributed by atoms with Crippen LogP contribution in [0.4, 0.5) is 11.4 Å². The Morgan fingerprint density at radius 2 is 2.00 bits per heavy atom. The molecular weight excluding hydrogens is 298 g/mol. The SMILES string of the molecule is Cc1c(C(=O)O)nc2c([N+](=O)[O-])cccc2c1N1CCCCC1. The first-order chi connectivity index (χ1) is 11.0. The zero-order valence-electron chi connectivity index (χ0n) is 12.8. The third-order valence-electron chi connectivity index (χ3n) is 4.28. The van der Waals surface area contributed by atoms with Gasteiger partial charge in [0.05, 0.1) is 10.6 Å². The number of carbonyl (C=O) groups is 1. The van der Waals surface area contributed by atoms with Crippen LogP contribution in [0.25, 0.3) is 10.9 Å². The van der Waals surface area contributed by atoms with Gasteiger partial charge in [-0.15, -0.1) is 0 Å². The number of nitro benzene ring substituents is 1. The molecule has 7 nitrogen and oxygen atoms in total. The van der Waals surface area contributed by atoms with E-state index in [1.54, 1.807) is 19.1 Å². The fraction of sp³-hybridized carbons (Fsp3) is 0.375. The van der Waals surface area contributed by atoms with Crippen molar-refractivity contribution in [1.82, 2.24) is 4.98 Å². The molecule has 1 aliphatic heterocycles. The number of piperidine rings is 1. The molecular formula is C16H17N3O4. The molecule has 0 atom stereocenters. The smallest absolute Gasteiger partial charge is 0.354 e. The summed E-state index contributed by atoms with van der Waals surface area (Å²) in [5.41, 5.74) is 1.18. The standard InChI is InChI=1S/C16H17N3O4/c1-10-13(16(20)21)17-14-11(6-5-7-12(14)19(22)23)15(10)18-8-3-2-4-9-18/h5-7H,2-4,8-9H2,1H3,(H,20,21). The Hall–Kier alpha value is -2.70. The maximum Gasteiger partial charge on any atom is 0.354 e. The minimum absolute atomic E-state index is 0.118. The molecule has 0 bridgehead atoms. The molecule has 1 fully saturated rings. The van der Waals surface area contributed by atoms with Crippen LogP contribution in [0.5, 0.6) is 0 Å². The number of carboxylic acid groups (broad SMARTS) is 1. The molecule has 1 aromatic carbocycles. The van der Waals surface area contributed by atoms with Crippen molar-refractivity contribution < 1.29 is 14.8 Å². The van der Waals surface area contributed by atoms with E-state index in [1.807, 2.05) is 0 Å². The minimum Gasteiger partial charge on any atom is -0.477 e. The highest BCUT2D eigenvalue weighted by Gasteiger charge is 2.25. The Morgan fingerprint density at radius 1 is 1.30 bits per heavy atom. The lowest BCUT2D eigenvalue weighted by atomic mass is 10.0. The van der Waals surface area contributed by atoms with Gasteiger partial charge in [-0.05, 0) is 26.2 Å². The van der Waals surface area contributed by atoms with Crippen molar-refractivity contribution >= 4 is 28.2 Å². The first-order valence-electron chi connectivity index (χ1n) is 7.56. The molecule has 1 saturated heterocycles. The van der Waals surface area contributed by atoms with Gasteiger partial charge in [-0.2, -0.15) is 0 Å². The van der Waals surface area contributed by atoms with Crippen molar-refractivity contribution in [3.63, 3.8) is 0 Å². The maximum absolute atomic E-state index is 11.5. The largest absolute Gasteiger partial charge is 0.477 e. The molecule has 7 heteroatoms. The van der Waals surface area contributed by atoms with Gasteiger partial charge in [0.2, 0.25) is 0 Å². The molecule has 1 aromatic heterocycles. The molecule has 0 unspecified atom stereocenters. The Balaban J connectivity index is 2.35. The number of anilines is 1. The summed E-state index contributed by atoms with van der Waals surface area (Å²) in [7, 11) is 0. The van der Waals surface area contributed by atoms with Gasteiger partial charge < -0.3 is 10.0 Å². The van der Waals surface area contributed by atoms with E-state index in [4.69, 9.17) is 0 Å². The summed E-state index contributed by atoms with van der Waals surface area (Å²) >= 11 is 0. The number of pyridine rings is 1. The number of carboxylic acids is 1. The highest BCUT2D eigenvalue weighted by molar-refractivity contribution is 6.03. The highest BCUT2D eigenvalue weighted by Crippen LogP contribution is 2.36. The number of rotatable bonds is 3. The number of aromatic nitrogens is 1. The Morgan fingerprint density at radius 3 is 2.61 bits per heavy atom. The van der Waals surface area contributed by atoms with Crippen LogP contribution < -0.4 is 4.90 Å². The molecule has 0 saturated carbocycles. The van der Waals surface area contributed by atoms with E-state index in [0.29, 0.717) is 10.9 Å². The van der Waals surface area contributed by atoms with E-state index in [9.17, 15) is 20.0 Å². The molecule has 3 rings (SSSR count). The van der Waals surface area contributed by atoms with Gasteiger partial charge in [-0.3, -0.25) is 10.1 Å².